The summed E-state index contributed by atoms with van der Waals surface area (Å²) < 4.78 is 0. The molecule has 4 atom stereocenters. The molecular weight excluding hydrogens is 490 g/mol. The van der Waals surface area contributed by atoms with Crippen LogP contribution in [0.3, 0.4) is 0 Å². The molecule has 1 aliphatic carbocycles. The molecule has 9 nitrogen and oxygen atoms in total. The number of piperazine rings is 1. The monoisotopic (exact) mass is 529 g/mol. The number of carbonyl (C=O) groups is 2. The Hall–Kier alpha value is -3.43. The maximum Gasteiger partial charge on any atom is 0.265 e. The topological polar surface area (TPSA) is 102 Å². The lowest BCUT2D eigenvalue weighted by Gasteiger charge is -2.32. The summed E-state index contributed by atoms with van der Waals surface area (Å²) in [6, 6.07) is 7.95. The second-order valence-corrected chi connectivity index (χ2v) is 11.1. The SMILES string of the molecule is CNC(=O)C1=NC2N=CC(=NCC3C=C(NC(=O)c4ccc(CN5CCN(C)CC5)cc4)C=CC3C)CC2C1. The number of aliphatic imine (C=N–C) groups is 3. The number of hydrogen-bond acceptors (Lipinski definition) is 7. The third-order valence-electron chi connectivity index (χ3n) is 8.13. The van der Waals surface area contributed by atoms with Crippen molar-refractivity contribution in [1.82, 2.24) is 20.4 Å². The fraction of sp³-hybridized carbons (Fsp3) is 0.500. The van der Waals surface area contributed by atoms with Gasteiger partial charge in [0, 0.05) is 82.0 Å². The van der Waals surface area contributed by atoms with Crippen LogP contribution in [0.1, 0.15) is 35.7 Å². The second-order valence-electron chi connectivity index (χ2n) is 11.1. The number of likely N-dealkylation sites (N-methyl/N-ethyl adjacent to an activating group) is 1. The molecule has 1 aromatic rings. The Labute approximate surface area is 230 Å². The highest BCUT2D eigenvalue weighted by Crippen LogP contribution is 2.29. The molecule has 0 saturated carbocycles. The highest BCUT2D eigenvalue weighted by molar-refractivity contribution is 6.40. The van der Waals surface area contributed by atoms with Gasteiger partial charge in [0.2, 0.25) is 0 Å². The predicted octanol–water partition coefficient (Wildman–Crippen LogP) is 2.32. The summed E-state index contributed by atoms with van der Waals surface area (Å²) in [5.41, 5.74) is 4.21. The molecule has 1 aromatic carbocycles. The summed E-state index contributed by atoms with van der Waals surface area (Å²) in [7, 11) is 3.79. The van der Waals surface area contributed by atoms with E-state index in [2.05, 4.69) is 68.7 Å². The molecule has 3 aliphatic heterocycles. The third kappa shape index (κ3) is 6.78. The molecule has 0 spiro atoms. The second kappa shape index (κ2) is 12.2. The van der Waals surface area contributed by atoms with E-state index in [1.165, 1.54) is 5.56 Å². The fourth-order valence-electron chi connectivity index (χ4n) is 5.48. The molecule has 1 fully saturated rings. The van der Waals surface area contributed by atoms with Gasteiger partial charge in [0.15, 0.2) is 0 Å². The van der Waals surface area contributed by atoms with Crippen molar-refractivity contribution in [3.8, 4) is 0 Å². The summed E-state index contributed by atoms with van der Waals surface area (Å²) in [5.74, 6) is 0.462. The van der Waals surface area contributed by atoms with Crippen LogP contribution in [0.15, 0.2) is 63.2 Å². The van der Waals surface area contributed by atoms with E-state index in [1.54, 1.807) is 13.3 Å². The van der Waals surface area contributed by atoms with Crippen LogP contribution in [0.5, 0.6) is 0 Å². The smallest absolute Gasteiger partial charge is 0.265 e. The molecule has 2 amide bonds. The van der Waals surface area contributed by atoms with Gasteiger partial charge in [-0.2, -0.15) is 0 Å². The zero-order valence-electron chi connectivity index (χ0n) is 23.1. The standard InChI is InChI=1S/C30H39N7O2/c1-20-4-9-25(34-29(38)22-7-5-21(6-8-22)19-37-12-10-36(3)11-13-37)15-24(20)17-32-26-14-23-16-27(30(39)31-2)35-28(23)33-18-26/h4-9,15,18,20,23-24,28H,10-14,16-17,19H2,1-3H3,(H,31,39)(H,34,38). The van der Waals surface area contributed by atoms with E-state index in [9.17, 15) is 9.59 Å². The summed E-state index contributed by atoms with van der Waals surface area (Å²) >= 11 is 0. The Morgan fingerprint density at radius 1 is 1.08 bits per heavy atom. The van der Waals surface area contributed by atoms with Crippen molar-refractivity contribution in [2.45, 2.75) is 32.5 Å². The number of nitrogens with zero attached hydrogens (tertiary/aromatic N) is 5. The maximum absolute atomic E-state index is 13.0. The van der Waals surface area contributed by atoms with Gasteiger partial charge < -0.3 is 15.5 Å². The zero-order chi connectivity index (χ0) is 27.4. The van der Waals surface area contributed by atoms with E-state index in [4.69, 9.17) is 4.99 Å². The first-order valence-corrected chi connectivity index (χ1v) is 13.9. The van der Waals surface area contributed by atoms with Crippen LogP contribution in [0.25, 0.3) is 0 Å². The van der Waals surface area contributed by atoms with Crippen molar-refractivity contribution in [3.63, 3.8) is 0 Å². The average molecular weight is 530 g/mol. The predicted molar refractivity (Wildman–Crippen MR) is 155 cm³/mol. The van der Waals surface area contributed by atoms with Crippen LogP contribution in [-0.2, 0) is 11.3 Å². The summed E-state index contributed by atoms with van der Waals surface area (Å²) in [4.78, 5) is 43.6. The molecule has 0 radical (unpaired) electrons. The minimum absolute atomic E-state index is 0.102. The summed E-state index contributed by atoms with van der Waals surface area (Å²) in [6.07, 6.45) is 9.26. The van der Waals surface area contributed by atoms with Gasteiger partial charge in [-0.25, -0.2) is 0 Å². The number of amides is 2. The lowest BCUT2D eigenvalue weighted by atomic mass is 9.88. The number of hydrogen-bond donors (Lipinski definition) is 2. The van der Waals surface area contributed by atoms with Gasteiger partial charge in [-0.1, -0.05) is 31.2 Å². The summed E-state index contributed by atoms with van der Waals surface area (Å²) in [6.45, 7) is 8.04. The van der Waals surface area contributed by atoms with E-state index < -0.39 is 0 Å². The molecule has 0 aromatic heterocycles. The van der Waals surface area contributed by atoms with E-state index >= 15 is 0 Å². The van der Waals surface area contributed by atoms with Crippen molar-refractivity contribution in [2.24, 2.45) is 32.7 Å². The largest absolute Gasteiger partial charge is 0.354 e. The minimum Gasteiger partial charge on any atom is -0.354 e. The maximum atomic E-state index is 13.0. The third-order valence-corrected chi connectivity index (χ3v) is 8.13. The molecule has 206 valence electrons. The number of carbonyl (C=O) groups excluding carboxylic acids is 2. The Morgan fingerprint density at radius 3 is 2.59 bits per heavy atom. The molecule has 2 N–H and O–H groups in total. The lowest BCUT2D eigenvalue weighted by Crippen LogP contribution is -2.43. The number of fused-ring (bicyclic) bond motifs is 1. The summed E-state index contributed by atoms with van der Waals surface area (Å²) in [5, 5.41) is 5.72. The number of nitrogens with one attached hydrogen (secondary N) is 2. The Bertz CT molecular complexity index is 1220. The van der Waals surface area contributed by atoms with Gasteiger partial charge in [0.1, 0.15) is 11.9 Å². The van der Waals surface area contributed by atoms with Crippen LogP contribution in [-0.4, -0.2) is 92.2 Å². The van der Waals surface area contributed by atoms with Gasteiger partial charge in [-0.3, -0.25) is 29.5 Å². The first-order valence-electron chi connectivity index (χ1n) is 13.9. The van der Waals surface area contributed by atoms with Crippen molar-refractivity contribution >= 4 is 29.5 Å². The lowest BCUT2D eigenvalue weighted by molar-refractivity contribution is -0.114. The number of benzene rings is 1. The van der Waals surface area contributed by atoms with Crippen molar-refractivity contribution < 1.29 is 9.59 Å². The quantitative estimate of drug-likeness (QED) is 0.566. The van der Waals surface area contributed by atoms with Gasteiger partial charge >= 0.3 is 0 Å². The minimum atomic E-state index is -0.171. The molecule has 9 heteroatoms. The van der Waals surface area contributed by atoms with E-state index in [0.717, 1.165) is 50.6 Å². The van der Waals surface area contributed by atoms with Crippen molar-refractivity contribution in [2.75, 3.05) is 46.8 Å². The van der Waals surface area contributed by atoms with Gasteiger partial charge in [-0.05, 0) is 43.2 Å². The molecule has 5 rings (SSSR count). The van der Waals surface area contributed by atoms with E-state index in [1.807, 2.05) is 18.2 Å². The van der Waals surface area contributed by atoms with Crippen LogP contribution in [0, 0.1) is 17.8 Å². The van der Waals surface area contributed by atoms with E-state index in [-0.39, 0.29) is 29.8 Å². The molecule has 4 aliphatic rings. The normalized spacial score (nSPS) is 28.1. The molecular formula is C30H39N7O2. The molecule has 3 heterocycles. The van der Waals surface area contributed by atoms with Crippen LogP contribution in [0.4, 0.5) is 0 Å². The van der Waals surface area contributed by atoms with E-state index in [0.29, 0.717) is 30.2 Å². The highest BCUT2D eigenvalue weighted by Gasteiger charge is 2.34. The first-order chi connectivity index (χ1) is 18.9. The van der Waals surface area contributed by atoms with Crippen LogP contribution in [0.2, 0.25) is 0 Å². The number of rotatable bonds is 7. The molecule has 39 heavy (non-hydrogen) atoms. The molecule has 4 unspecified atom stereocenters. The van der Waals surface area contributed by atoms with Gasteiger partial charge in [0.25, 0.3) is 11.8 Å². The highest BCUT2D eigenvalue weighted by atomic mass is 16.2. The Balaban J connectivity index is 1.14. The molecule has 1 saturated heterocycles. The Morgan fingerprint density at radius 2 is 1.85 bits per heavy atom. The van der Waals surface area contributed by atoms with Crippen LogP contribution < -0.4 is 10.6 Å². The average Bonchev–Trinajstić information content (AvgIpc) is 3.38. The van der Waals surface area contributed by atoms with Gasteiger partial charge in [-0.15, -0.1) is 0 Å². The van der Waals surface area contributed by atoms with Gasteiger partial charge in [0.05, 0.1) is 5.71 Å². The van der Waals surface area contributed by atoms with Crippen molar-refractivity contribution in [1.29, 1.82) is 0 Å². The Kier molecular flexibility index (Phi) is 8.47. The number of allylic oxidation sites excluding steroid dienone is 2. The fourth-order valence-corrected chi connectivity index (χ4v) is 5.48. The molecule has 0 bridgehead atoms. The van der Waals surface area contributed by atoms with Crippen LogP contribution >= 0.6 is 0 Å². The first kappa shape index (κ1) is 27.1. The van der Waals surface area contributed by atoms with Crippen molar-refractivity contribution in [3.05, 3.63) is 59.3 Å². The zero-order valence-corrected chi connectivity index (χ0v) is 23.1.